The molecule has 100 valence electrons. The van der Waals surface area contributed by atoms with E-state index < -0.39 is 0 Å². The molecule has 2 aromatic rings. The van der Waals surface area contributed by atoms with Crippen LogP contribution in [-0.4, -0.2) is 12.1 Å². The lowest BCUT2D eigenvalue weighted by atomic mass is 10.1. The fourth-order valence-corrected chi connectivity index (χ4v) is 1.91. The average Bonchev–Trinajstić information content (AvgIpc) is 2.38. The van der Waals surface area contributed by atoms with Crippen LogP contribution in [0.2, 0.25) is 5.15 Å². The number of pyridine rings is 1. The van der Waals surface area contributed by atoms with Gasteiger partial charge in [-0.2, -0.15) is 0 Å². The summed E-state index contributed by atoms with van der Waals surface area (Å²) in [4.78, 5) is 4.13. The Morgan fingerprint density at radius 1 is 1.32 bits per heavy atom. The minimum atomic E-state index is -0.382. The largest absolute Gasteiger partial charge is 0.494 e. The summed E-state index contributed by atoms with van der Waals surface area (Å²) >= 11 is 5.81. The van der Waals surface area contributed by atoms with Gasteiger partial charge in [0.1, 0.15) is 11.0 Å². The molecule has 19 heavy (non-hydrogen) atoms. The summed E-state index contributed by atoms with van der Waals surface area (Å²) in [6, 6.07) is 10.1. The summed E-state index contributed by atoms with van der Waals surface area (Å²) in [5, 5.41) is 3.58. The van der Waals surface area contributed by atoms with E-state index in [1.807, 2.05) is 19.1 Å². The monoisotopic (exact) mass is 280 g/mol. The van der Waals surface area contributed by atoms with Crippen molar-refractivity contribution in [2.24, 2.45) is 0 Å². The highest BCUT2D eigenvalue weighted by molar-refractivity contribution is 6.29. The zero-order valence-corrected chi connectivity index (χ0v) is 11.4. The van der Waals surface area contributed by atoms with Gasteiger partial charge in [0, 0.05) is 0 Å². The number of ether oxygens (including phenoxy) is 1. The van der Waals surface area contributed by atoms with Crippen LogP contribution in [0.25, 0.3) is 0 Å². The van der Waals surface area contributed by atoms with Gasteiger partial charge in [0.05, 0.1) is 13.2 Å². The molecule has 1 aromatic heterocycles. The van der Waals surface area contributed by atoms with Gasteiger partial charge in [-0.15, -0.1) is 0 Å². The van der Waals surface area contributed by atoms with E-state index in [1.54, 1.807) is 18.2 Å². The molecule has 0 radical (unpaired) electrons. The van der Waals surface area contributed by atoms with Crippen LogP contribution in [0.1, 0.15) is 18.5 Å². The maximum atomic E-state index is 13.6. The number of benzene rings is 1. The molecule has 0 aliphatic heterocycles. The number of hydrogen-bond acceptors (Lipinski definition) is 3. The van der Waals surface area contributed by atoms with E-state index in [2.05, 4.69) is 10.3 Å². The summed E-state index contributed by atoms with van der Waals surface area (Å²) in [6.07, 6.45) is 0. The Kier molecular flexibility index (Phi) is 4.22. The third kappa shape index (κ3) is 3.35. The number of aromatic nitrogens is 1. The first-order valence-electron chi connectivity index (χ1n) is 5.82. The van der Waals surface area contributed by atoms with Crippen molar-refractivity contribution in [3.8, 4) is 5.75 Å². The van der Waals surface area contributed by atoms with Gasteiger partial charge in [-0.1, -0.05) is 23.7 Å². The molecule has 0 saturated heterocycles. The van der Waals surface area contributed by atoms with Gasteiger partial charge < -0.3 is 10.1 Å². The molecule has 0 aliphatic carbocycles. The summed E-state index contributed by atoms with van der Waals surface area (Å²) < 4.78 is 18.5. The van der Waals surface area contributed by atoms with Gasteiger partial charge in [0.25, 0.3) is 0 Å². The summed E-state index contributed by atoms with van der Waals surface area (Å²) in [7, 11) is 1.44. The quantitative estimate of drug-likeness (QED) is 0.858. The first kappa shape index (κ1) is 13.6. The molecule has 0 spiro atoms. The molecule has 2 rings (SSSR count). The normalized spacial score (nSPS) is 12.0. The Hall–Kier alpha value is -1.81. The lowest BCUT2D eigenvalue weighted by Crippen LogP contribution is -2.08. The lowest BCUT2D eigenvalue weighted by Gasteiger charge is -2.15. The molecule has 1 heterocycles. The zero-order chi connectivity index (χ0) is 13.8. The maximum Gasteiger partial charge on any atom is 0.165 e. The van der Waals surface area contributed by atoms with Crippen LogP contribution in [0.4, 0.5) is 10.2 Å². The van der Waals surface area contributed by atoms with Crippen molar-refractivity contribution in [2.45, 2.75) is 13.0 Å². The van der Waals surface area contributed by atoms with Crippen LogP contribution >= 0.6 is 11.6 Å². The van der Waals surface area contributed by atoms with E-state index >= 15 is 0 Å². The van der Waals surface area contributed by atoms with Crippen molar-refractivity contribution in [1.82, 2.24) is 4.98 Å². The standard InChI is InChI=1S/C14H14ClFN2O/c1-9(17-14-5-3-4-13(15)18-14)10-6-7-12(19-2)11(16)8-10/h3-9H,1-2H3,(H,17,18). The van der Waals surface area contributed by atoms with Gasteiger partial charge >= 0.3 is 0 Å². The van der Waals surface area contributed by atoms with E-state index in [0.717, 1.165) is 5.56 Å². The molecular weight excluding hydrogens is 267 g/mol. The fraction of sp³-hybridized carbons (Fsp3) is 0.214. The minimum Gasteiger partial charge on any atom is -0.494 e. The predicted molar refractivity (Wildman–Crippen MR) is 74.2 cm³/mol. The van der Waals surface area contributed by atoms with Crippen LogP contribution in [0.3, 0.4) is 0 Å². The molecule has 0 aliphatic rings. The molecule has 1 aromatic carbocycles. The summed E-state index contributed by atoms with van der Waals surface area (Å²) in [6.45, 7) is 1.92. The highest BCUT2D eigenvalue weighted by Crippen LogP contribution is 2.24. The number of methoxy groups -OCH3 is 1. The van der Waals surface area contributed by atoms with Gasteiger partial charge in [-0.05, 0) is 36.8 Å². The Morgan fingerprint density at radius 2 is 2.11 bits per heavy atom. The lowest BCUT2D eigenvalue weighted by molar-refractivity contribution is 0.386. The number of anilines is 1. The van der Waals surface area contributed by atoms with Crippen LogP contribution < -0.4 is 10.1 Å². The molecule has 1 unspecified atom stereocenters. The smallest absolute Gasteiger partial charge is 0.165 e. The Morgan fingerprint density at radius 3 is 2.74 bits per heavy atom. The maximum absolute atomic E-state index is 13.6. The molecule has 5 heteroatoms. The topological polar surface area (TPSA) is 34.1 Å². The van der Waals surface area contributed by atoms with Crippen molar-refractivity contribution < 1.29 is 9.13 Å². The number of rotatable bonds is 4. The molecule has 0 bridgehead atoms. The predicted octanol–water partition coefficient (Wildman–Crippen LogP) is 4.06. The van der Waals surface area contributed by atoms with E-state index in [0.29, 0.717) is 11.0 Å². The number of hydrogen-bond donors (Lipinski definition) is 1. The minimum absolute atomic E-state index is 0.0913. The first-order chi connectivity index (χ1) is 9.10. The molecule has 3 nitrogen and oxygen atoms in total. The van der Waals surface area contributed by atoms with Gasteiger partial charge in [-0.25, -0.2) is 9.37 Å². The second kappa shape index (κ2) is 5.89. The molecule has 0 fully saturated rings. The third-order valence-corrected chi connectivity index (χ3v) is 2.97. The van der Waals surface area contributed by atoms with Crippen molar-refractivity contribution in [3.63, 3.8) is 0 Å². The molecule has 1 N–H and O–H groups in total. The molecule has 0 saturated carbocycles. The Labute approximate surface area is 116 Å². The van der Waals surface area contributed by atoms with Crippen molar-refractivity contribution in [2.75, 3.05) is 12.4 Å². The van der Waals surface area contributed by atoms with Crippen molar-refractivity contribution in [3.05, 3.63) is 52.9 Å². The molecule has 0 amide bonds. The van der Waals surface area contributed by atoms with E-state index in [9.17, 15) is 4.39 Å². The SMILES string of the molecule is COc1ccc(C(C)Nc2cccc(Cl)n2)cc1F. The van der Waals surface area contributed by atoms with E-state index in [-0.39, 0.29) is 17.6 Å². The van der Waals surface area contributed by atoms with Crippen LogP contribution in [-0.2, 0) is 0 Å². The first-order valence-corrected chi connectivity index (χ1v) is 6.20. The average molecular weight is 281 g/mol. The van der Waals surface area contributed by atoms with Gasteiger partial charge in [0.2, 0.25) is 0 Å². The third-order valence-electron chi connectivity index (χ3n) is 2.76. The van der Waals surface area contributed by atoms with Crippen molar-refractivity contribution >= 4 is 17.4 Å². The van der Waals surface area contributed by atoms with Crippen LogP contribution in [0.15, 0.2) is 36.4 Å². The van der Waals surface area contributed by atoms with E-state index in [4.69, 9.17) is 16.3 Å². The van der Waals surface area contributed by atoms with E-state index in [1.165, 1.54) is 13.2 Å². The number of halogens is 2. The zero-order valence-electron chi connectivity index (χ0n) is 10.7. The summed E-state index contributed by atoms with van der Waals surface area (Å²) in [5.74, 6) is 0.501. The second-order valence-electron chi connectivity index (χ2n) is 4.11. The number of nitrogens with one attached hydrogen (secondary N) is 1. The van der Waals surface area contributed by atoms with Gasteiger partial charge in [-0.3, -0.25) is 0 Å². The Bertz CT molecular complexity index is 577. The summed E-state index contributed by atoms with van der Waals surface area (Å²) in [5.41, 5.74) is 0.806. The van der Waals surface area contributed by atoms with Gasteiger partial charge in [0.15, 0.2) is 11.6 Å². The molecular formula is C14H14ClFN2O. The highest BCUT2D eigenvalue weighted by Gasteiger charge is 2.10. The highest BCUT2D eigenvalue weighted by atomic mass is 35.5. The second-order valence-corrected chi connectivity index (χ2v) is 4.49. The Balaban J connectivity index is 2.15. The number of nitrogens with zero attached hydrogens (tertiary/aromatic N) is 1. The van der Waals surface area contributed by atoms with Crippen LogP contribution in [0.5, 0.6) is 5.75 Å². The van der Waals surface area contributed by atoms with Crippen molar-refractivity contribution in [1.29, 1.82) is 0 Å². The fourth-order valence-electron chi connectivity index (χ4n) is 1.75. The molecule has 1 atom stereocenters. The van der Waals surface area contributed by atoms with Crippen LogP contribution in [0, 0.1) is 5.82 Å².